The lowest BCUT2D eigenvalue weighted by Crippen LogP contribution is -2.30. The predicted molar refractivity (Wildman–Crippen MR) is 362 cm³/mol. The highest BCUT2D eigenvalue weighted by Crippen LogP contribution is 2.17. The Balaban J connectivity index is 4.20. The summed E-state index contributed by atoms with van der Waals surface area (Å²) in [6.07, 6.45) is 98.0. The van der Waals surface area contributed by atoms with Crippen LogP contribution in [-0.2, 0) is 28.6 Å². The van der Waals surface area contributed by atoms with E-state index in [1.165, 1.54) is 161 Å². The third-order valence-electron chi connectivity index (χ3n) is 15.0. The van der Waals surface area contributed by atoms with Crippen LogP contribution in [0.5, 0.6) is 0 Å². The third-order valence-corrected chi connectivity index (χ3v) is 15.0. The van der Waals surface area contributed by atoms with Crippen LogP contribution in [0.4, 0.5) is 0 Å². The van der Waals surface area contributed by atoms with Crippen LogP contribution >= 0.6 is 0 Å². The molecular formula is C77H130O6. The largest absolute Gasteiger partial charge is 0.462 e. The van der Waals surface area contributed by atoms with Crippen LogP contribution < -0.4 is 0 Å². The molecular weight excluding hydrogens is 1020 g/mol. The number of esters is 3. The summed E-state index contributed by atoms with van der Waals surface area (Å²) >= 11 is 0. The second kappa shape index (κ2) is 70.3. The molecule has 0 saturated heterocycles. The van der Waals surface area contributed by atoms with E-state index in [1.54, 1.807) is 0 Å². The Kier molecular flexibility index (Phi) is 66.7. The van der Waals surface area contributed by atoms with Gasteiger partial charge in [-0.3, -0.25) is 14.4 Å². The smallest absolute Gasteiger partial charge is 0.306 e. The maximum atomic E-state index is 12.9. The minimum atomic E-state index is -0.783. The standard InChI is InChI=1S/C77H130O6/c1-4-7-10-13-16-19-22-24-26-28-30-32-33-34-35-36-37-38-39-40-41-42-43-45-46-48-50-52-55-58-61-64-67-70-76(79)82-73-74(72-81-75(78)69-66-63-60-57-54-21-18-15-12-9-6-3)83-77(80)71-68-65-62-59-56-53-51-49-47-44-31-29-27-25-23-20-17-14-11-8-5-2/h7-8,10-11,16-17,19-20,24-27,30-32,34-35,37-38,44,74H,4-6,9,12-15,18,21-23,28-29,33,36,39-43,45-73H2,1-3H3/b10-7-,11-8-,19-16-,20-17-,26-24-,27-25-,32-30-,35-34-,38-37-,44-31-. The van der Waals surface area contributed by atoms with E-state index in [9.17, 15) is 14.4 Å². The molecule has 0 N–H and O–H groups in total. The van der Waals surface area contributed by atoms with Crippen molar-refractivity contribution in [3.63, 3.8) is 0 Å². The molecule has 0 aliphatic rings. The van der Waals surface area contributed by atoms with Crippen LogP contribution in [0.3, 0.4) is 0 Å². The molecule has 0 radical (unpaired) electrons. The Hall–Kier alpha value is -4.19. The summed E-state index contributed by atoms with van der Waals surface area (Å²) in [6.45, 7) is 6.43. The molecule has 1 unspecified atom stereocenters. The van der Waals surface area contributed by atoms with Gasteiger partial charge in [0.25, 0.3) is 0 Å². The highest BCUT2D eigenvalue weighted by Gasteiger charge is 2.19. The van der Waals surface area contributed by atoms with Crippen LogP contribution in [0, 0.1) is 0 Å². The van der Waals surface area contributed by atoms with Crippen molar-refractivity contribution in [1.82, 2.24) is 0 Å². The van der Waals surface area contributed by atoms with E-state index in [1.807, 2.05) is 0 Å². The van der Waals surface area contributed by atoms with Gasteiger partial charge in [0.1, 0.15) is 13.2 Å². The number of hydrogen-bond donors (Lipinski definition) is 0. The molecule has 6 nitrogen and oxygen atoms in total. The SMILES string of the molecule is CC/C=C\C/C=C\C/C=C\C/C=C\C/C=C\C/C=C\CCCCCCCCCCCCCCCCC(=O)OCC(COC(=O)CCCCCCCCCCCCC)OC(=O)CCCCCCCCCC/C=C\C/C=C\C/C=C\C/C=C\CC. The molecule has 0 aliphatic carbocycles. The van der Waals surface area contributed by atoms with Gasteiger partial charge in [-0.1, -0.05) is 322 Å². The third kappa shape index (κ3) is 68.5. The Morgan fingerprint density at radius 1 is 0.253 bits per heavy atom. The Labute approximate surface area is 513 Å². The second-order valence-electron chi connectivity index (χ2n) is 23.0. The number of carbonyl (C=O) groups excluding carboxylic acids is 3. The van der Waals surface area contributed by atoms with Gasteiger partial charge in [0.2, 0.25) is 0 Å². The minimum absolute atomic E-state index is 0.0789. The van der Waals surface area contributed by atoms with Gasteiger partial charge in [-0.05, 0) is 109 Å². The van der Waals surface area contributed by atoms with Gasteiger partial charge >= 0.3 is 17.9 Å². The molecule has 0 fully saturated rings. The van der Waals surface area contributed by atoms with E-state index < -0.39 is 6.10 Å². The molecule has 0 rings (SSSR count). The maximum Gasteiger partial charge on any atom is 0.306 e. The number of allylic oxidation sites excluding steroid dienone is 20. The fourth-order valence-corrected chi connectivity index (χ4v) is 9.79. The lowest BCUT2D eigenvalue weighted by Gasteiger charge is -2.18. The van der Waals surface area contributed by atoms with Crippen molar-refractivity contribution in [1.29, 1.82) is 0 Å². The monoisotopic (exact) mass is 1150 g/mol. The van der Waals surface area contributed by atoms with Crippen LogP contribution in [0.1, 0.15) is 329 Å². The fourth-order valence-electron chi connectivity index (χ4n) is 9.79. The van der Waals surface area contributed by atoms with Gasteiger partial charge in [-0.25, -0.2) is 0 Å². The Morgan fingerprint density at radius 2 is 0.470 bits per heavy atom. The molecule has 6 heteroatoms. The Bertz CT molecular complexity index is 1700. The van der Waals surface area contributed by atoms with Crippen molar-refractivity contribution in [2.45, 2.75) is 335 Å². The number of ether oxygens (including phenoxy) is 3. The minimum Gasteiger partial charge on any atom is -0.462 e. The molecule has 0 aliphatic heterocycles. The van der Waals surface area contributed by atoms with Gasteiger partial charge < -0.3 is 14.2 Å². The van der Waals surface area contributed by atoms with Gasteiger partial charge in [-0.2, -0.15) is 0 Å². The summed E-state index contributed by atoms with van der Waals surface area (Å²) < 4.78 is 16.9. The first kappa shape index (κ1) is 78.8. The zero-order valence-corrected chi connectivity index (χ0v) is 54.4. The summed E-state index contributed by atoms with van der Waals surface area (Å²) in [5.74, 6) is -0.877. The van der Waals surface area contributed by atoms with E-state index in [0.29, 0.717) is 19.3 Å². The average Bonchev–Trinajstić information content (AvgIpc) is 3.48. The van der Waals surface area contributed by atoms with Crippen molar-refractivity contribution in [3.8, 4) is 0 Å². The maximum absolute atomic E-state index is 12.9. The van der Waals surface area contributed by atoms with Gasteiger partial charge in [0.15, 0.2) is 6.10 Å². The quantitative estimate of drug-likeness (QED) is 0.0261. The van der Waals surface area contributed by atoms with Crippen LogP contribution in [-0.4, -0.2) is 37.2 Å². The van der Waals surface area contributed by atoms with Crippen molar-refractivity contribution >= 4 is 17.9 Å². The van der Waals surface area contributed by atoms with Gasteiger partial charge in [0, 0.05) is 19.3 Å². The van der Waals surface area contributed by atoms with Crippen molar-refractivity contribution in [2.24, 2.45) is 0 Å². The number of carbonyl (C=O) groups is 3. The van der Waals surface area contributed by atoms with E-state index in [4.69, 9.17) is 14.2 Å². The summed E-state index contributed by atoms with van der Waals surface area (Å²) in [5.41, 5.74) is 0. The highest BCUT2D eigenvalue weighted by molar-refractivity contribution is 5.71. The summed E-state index contributed by atoms with van der Waals surface area (Å²) in [6, 6.07) is 0. The fraction of sp³-hybridized carbons (Fsp3) is 0.701. The Morgan fingerprint density at radius 3 is 0.735 bits per heavy atom. The first-order chi connectivity index (χ1) is 41.0. The molecule has 0 aromatic heterocycles. The van der Waals surface area contributed by atoms with Crippen LogP contribution in [0.2, 0.25) is 0 Å². The topological polar surface area (TPSA) is 78.9 Å². The molecule has 0 saturated carbocycles. The lowest BCUT2D eigenvalue weighted by atomic mass is 10.0. The molecule has 1 atom stereocenters. The molecule has 0 aromatic rings. The second-order valence-corrected chi connectivity index (χ2v) is 23.0. The van der Waals surface area contributed by atoms with Crippen LogP contribution in [0.25, 0.3) is 0 Å². The number of hydrogen-bond acceptors (Lipinski definition) is 6. The molecule has 0 heterocycles. The first-order valence-electron chi connectivity index (χ1n) is 35.0. The molecule has 0 bridgehead atoms. The van der Waals surface area contributed by atoms with Crippen molar-refractivity contribution in [3.05, 3.63) is 122 Å². The zero-order chi connectivity index (χ0) is 59.9. The van der Waals surface area contributed by atoms with E-state index in [0.717, 1.165) is 128 Å². The van der Waals surface area contributed by atoms with E-state index in [-0.39, 0.29) is 31.1 Å². The van der Waals surface area contributed by atoms with Crippen molar-refractivity contribution in [2.75, 3.05) is 13.2 Å². The van der Waals surface area contributed by atoms with Gasteiger partial charge in [0.05, 0.1) is 0 Å². The molecule has 0 spiro atoms. The normalized spacial score (nSPS) is 12.9. The highest BCUT2D eigenvalue weighted by atomic mass is 16.6. The summed E-state index contributed by atoms with van der Waals surface area (Å²) in [5, 5.41) is 0. The average molecular weight is 1150 g/mol. The number of rotatable bonds is 63. The summed E-state index contributed by atoms with van der Waals surface area (Å²) in [7, 11) is 0. The molecule has 83 heavy (non-hydrogen) atoms. The molecule has 0 amide bonds. The van der Waals surface area contributed by atoms with Crippen LogP contribution in [0.15, 0.2) is 122 Å². The van der Waals surface area contributed by atoms with E-state index in [2.05, 4.69) is 142 Å². The van der Waals surface area contributed by atoms with Crippen molar-refractivity contribution < 1.29 is 28.6 Å². The molecule has 0 aromatic carbocycles. The molecule has 474 valence electrons. The lowest BCUT2D eigenvalue weighted by molar-refractivity contribution is -0.167. The predicted octanol–water partition coefficient (Wildman–Crippen LogP) is 24.3. The zero-order valence-electron chi connectivity index (χ0n) is 54.4. The summed E-state index contributed by atoms with van der Waals surface area (Å²) in [4.78, 5) is 38.4. The van der Waals surface area contributed by atoms with E-state index >= 15 is 0 Å². The first-order valence-corrected chi connectivity index (χ1v) is 35.0. The number of unbranched alkanes of at least 4 members (excludes halogenated alkanes) is 32. The van der Waals surface area contributed by atoms with Gasteiger partial charge in [-0.15, -0.1) is 0 Å².